The maximum absolute atomic E-state index is 14.5. The molecule has 0 bridgehead atoms. The molecule has 204 valence electrons. The summed E-state index contributed by atoms with van der Waals surface area (Å²) in [5.74, 6) is -0.0645. The topological polar surface area (TPSA) is 82.9 Å². The average molecular weight is 542 g/mol. The molecule has 0 aliphatic carbocycles. The monoisotopic (exact) mass is 541 g/mol. The number of fused-ring (bicyclic) bond motifs is 1. The van der Waals surface area contributed by atoms with E-state index < -0.39 is 6.04 Å². The lowest BCUT2D eigenvalue weighted by molar-refractivity contribution is 0.200. The quantitative estimate of drug-likeness (QED) is 0.344. The number of nitrogens with one attached hydrogen (secondary N) is 1. The van der Waals surface area contributed by atoms with Crippen LogP contribution in [0.25, 0.3) is 10.9 Å². The molecule has 1 unspecified atom stereocenters. The molecule has 40 heavy (non-hydrogen) atoms. The summed E-state index contributed by atoms with van der Waals surface area (Å²) in [6.07, 6.45) is 0. The lowest BCUT2D eigenvalue weighted by Gasteiger charge is -2.39. The minimum absolute atomic E-state index is 0.213. The number of anilines is 1. The molecule has 5 aromatic rings. The molecule has 1 aliphatic rings. The number of aromatic amines is 1. The van der Waals surface area contributed by atoms with E-state index in [0.717, 1.165) is 27.6 Å². The van der Waals surface area contributed by atoms with Gasteiger partial charge in [0.05, 0.1) is 12.2 Å². The van der Waals surface area contributed by atoms with Gasteiger partial charge < -0.3 is 9.88 Å². The van der Waals surface area contributed by atoms with Gasteiger partial charge in [0, 0.05) is 42.6 Å². The summed E-state index contributed by atoms with van der Waals surface area (Å²) in [6, 6.07) is 18.4. The highest BCUT2D eigenvalue weighted by molar-refractivity contribution is 5.83. The van der Waals surface area contributed by atoms with E-state index in [1.54, 1.807) is 28.9 Å². The van der Waals surface area contributed by atoms with Gasteiger partial charge in [-0.3, -0.25) is 9.69 Å². The zero-order chi connectivity index (χ0) is 27.8. The van der Waals surface area contributed by atoms with Gasteiger partial charge in [0.2, 0.25) is 0 Å². The van der Waals surface area contributed by atoms with Crippen molar-refractivity contribution in [3.8, 4) is 0 Å². The van der Waals surface area contributed by atoms with Gasteiger partial charge in [-0.15, -0.1) is 5.10 Å². The van der Waals surface area contributed by atoms with Crippen LogP contribution < -0.4 is 10.5 Å². The molecule has 1 N–H and O–H groups in total. The molecule has 3 heterocycles. The fraction of sp³-hybridized carbons (Fsp3) is 0.267. The molecule has 1 aliphatic heterocycles. The summed E-state index contributed by atoms with van der Waals surface area (Å²) in [7, 11) is 0. The predicted molar refractivity (Wildman–Crippen MR) is 149 cm³/mol. The second-order valence-corrected chi connectivity index (χ2v) is 10.3. The van der Waals surface area contributed by atoms with Crippen molar-refractivity contribution in [1.82, 2.24) is 30.1 Å². The molecule has 2 aromatic heterocycles. The van der Waals surface area contributed by atoms with Gasteiger partial charge in [-0.25, -0.2) is 13.5 Å². The van der Waals surface area contributed by atoms with Crippen molar-refractivity contribution in [2.24, 2.45) is 0 Å². The number of rotatable bonds is 6. The second-order valence-electron chi connectivity index (χ2n) is 10.3. The van der Waals surface area contributed by atoms with E-state index in [0.29, 0.717) is 49.8 Å². The summed E-state index contributed by atoms with van der Waals surface area (Å²) >= 11 is 0. The first-order chi connectivity index (χ1) is 19.4. The third-order valence-electron chi connectivity index (χ3n) is 7.56. The van der Waals surface area contributed by atoms with Gasteiger partial charge in [-0.1, -0.05) is 30.3 Å². The molecule has 0 radical (unpaired) electrons. The number of benzene rings is 3. The highest BCUT2D eigenvalue weighted by Crippen LogP contribution is 2.30. The third kappa shape index (κ3) is 4.98. The molecule has 10 heteroatoms. The molecule has 0 amide bonds. The van der Waals surface area contributed by atoms with Crippen molar-refractivity contribution in [2.45, 2.75) is 26.4 Å². The maximum atomic E-state index is 14.5. The first-order valence-corrected chi connectivity index (χ1v) is 13.3. The van der Waals surface area contributed by atoms with Crippen LogP contribution in [0.5, 0.6) is 0 Å². The zero-order valence-corrected chi connectivity index (χ0v) is 22.3. The normalized spacial score (nSPS) is 15.1. The SMILES string of the molecule is Cc1cc(C)c2cc(C(c3nnnn3Cc3ccc(F)cc3)N3CCN(c4ccccc4F)CC3)c(=O)[nH]c2c1. The Morgan fingerprint density at radius 2 is 1.70 bits per heavy atom. The van der Waals surface area contributed by atoms with Crippen molar-refractivity contribution in [2.75, 3.05) is 31.1 Å². The van der Waals surface area contributed by atoms with Gasteiger partial charge >= 0.3 is 0 Å². The van der Waals surface area contributed by atoms with Gasteiger partial charge in [0.1, 0.15) is 17.7 Å². The van der Waals surface area contributed by atoms with Crippen LogP contribution in [0, 0.1) is 25.5 Å². The predicted octanol–water partition coefficient (Wildman–Crippen LogP) is 4.37. The van der Waals surface area contributed by atoms with Crippen LogP contribution in [0.4, 0.5) is 14.5 Å². The standard InChI is InChI=1S/C30H29F2N7O/c1-19-15-20(2)23-17-24(30(40)33-26(23)16-19)28(29-34-35-36-39(29)18-21-7-9-22(31)10-8-21)38-13-11-37(12-14-38)27-6-4-3-5-25(27)32/h3-10,15-17,28H,11-14,18H2,1-2H3,(H,33,40). The van der Waals surface area contributed by atoms with E-state index in [1.165, 1.54) is 18.2 Å². The van der Waals surface area contributed by atoms with Crippen LogP contribution >= 0.6 is 0 Å². The Hall–Kier alpha value is -4.44. The number of piperazine rings is 1. The maximum Gasteiger partial charge on any atom is 0.253 e. The Morgan fingerprint density at radius 1 is 0.950 bits per heavy atom. The lowest BCUT2D eigenvalue weighted by atomic mass is 9.99. The van der Waals surface area contributed by atoms with Gasteiger partial charge in [-0.05, 0) is 77.4 Å². The van der Waals surface area contributed by atoms with Gasteiger partial charge in [0.15, 0.2) is 5.82 Å². The number of hydrogen-bond donors (Lipinski definition) is 1. The Labute approximate surface area is 229 Å². The number of tetrazole rings is 1. The van der Waals surface area contributed by atoms with Crippen LogP contribution in [0.1, 0.15) is 34.1 Å². The van der Waals surface area contributed by atoms with E-state index in [-0.39, 0.29) is 17.2 Å². The molecular formula is C30H29F2N7O. The number of hydrogen-bond acceptors (Lipinski definition) is 6. The number of nitrogens with zero attached hydrogens (tertiary/aromatic N) is 6. The Kier molecular flexibility index (Phi) is 6.85. The van der Waals surface area contributed by atoms with E-state index in [9.17, 15) is 13.6 Å². The highest BCUT2D eigenvalue weighted by atomic mass is 19.1. The number of aromatic nitrogens is 5. The minimum atomic E-state index is -0.549. The molecule has 1 saturated heterocycles. The zero-order valence-electron chi connectivity index (χ0n) is 22.3. The van der Waals surface area contributed by atoms with Crippen molar-refractivity contribution >= 4 is 16.6 Å². The number of H-pyrrole nitrogens is 1. The van der Waals surface area contributed by atoms with Crippen molar-refractivity contribution < 1.29 is 8.78 Å². The van der Waals surface area contributed by atoms with Crippen molar-refractivity contribution in [1.29, 1.82) is 0 Å². The lowest BCUT2D eigenvalue weighted by Crippen LogP contribution is -2.49. The summed E-state index contributed by atoms with van der Waals surface area (Å²) in [4.78, 5) is 20.9. The fourth-order valence-corrected chi connectivity index (χ4v) is 5.60. The van der Waals surface area contributed by atoms with E-state index in [1.807, 2.05) is 36.9 Å². The summed E-state index contributed by atoms with van der Waals surface area (Å²) < 4.78 is 29.7. The molecule has 1 fully saturated rings. The van der Waals surface area contributed by atoms with Crippen molar-refractivity contribution in [3.63, 3.8) is 0 Å². The fourth-order valence-electron chi connectivity index (χ4n) is 5.60. The van der Waals surface area contributed by atoms with Crippen LogP contribution in [-0.4, -0.2) is 56.3 Å². The Balaban J connectivity index is 1.41. The minimum Gasteiger partial charge on any atom is -0.367 e. The molecule has 0 spiro atoms. The molecule has 8 nitrogen and oxygen atoms in total. The van der Waals surface area contributed by atoms with Crippen LogP contribution in [0.15, 0.2) is 71.5 Å². The number of pyridine rings is 1. The molecule has 1 atom stereocenters. The van der Waals surface area contributed by atoms with Crippen molar-refractivity contribution in [3.05, 3.63) is 117 Å². The summed E-state index contributed by atoms with van der Waals surface area (Å²) in [6.45, 7) is 6.61. The van der Waals surface area contributed by atoms with Crippen LogP contribution in [0.2, 0.25) is 0 Å². The highest BCUT2D eigenvalue weighted by Gasteiger charge is 2.33. The number of para-hydroxylation sites is 1. The average Bonchev–Trinajstić information content (AvgIpc) is 3.39. The molecule has 0 saturated carbocycles. The number of halogens is 2. The Bertz CT molecular complexity index is 1720. The molecule has 6 rings (SSSR count). The van der Waals surface area contributed by atoms with E-state index >= 15 is 0 Å². The number of aryl methyl sites for hydroxylation is 2. The second kappa shape index (κ2) is 10.6. The van der Waals surface area contributed by atoms with Crippen LogP contribution in [0.3, 0.4) is 0 Å². The smallest absolute Gasteiger partial charge is 0.253 e. The van der Waals surface area contributed by atoms with E-state index in [2.05, 4.69) is 31.5 Å². The molecule has 3 aromatic carbocycles. The van der Waals surface area contributed by atoms with Gasteiger partial charge in [-0.2, -0.15) is 0 Å². The summed E-state index contributed by atoms with van der Waals surface area (Å²) in [5.41, 5.74) is 4.62. The first kappa shape index (κ1) is 25.8. The first-order valence-electron chi connectivity index (χ1n) is 13.3. The molecular weight excluding hydrogens is 512 g/mol. The Morgan fingerprint density at radius 3 is 2.45 bits per heavy atom. The third-order valence-corrected chi connectivity index (χ3v) is 7.56. The van der Waals surface area contributed by atoms with Gasteiger partial charge in [0.25, 0.3) is 5.56 Å². The largest absolute Gasteiger partial charge is 0.367 e. The van der Waals surface area contributed by atoms with Crippen LogP contribution in [-0.2, 0) is 6.54 Å². The van der Waals surface area contributed by atoms with E-state index in [4.69, 9.17) is 0 Å². The summed E-state index contributed by atoms with van der Waals surface area (Å²) in [5, 5.41) is 13.5.